The summed E-state index contributed by atoms with van der Waals surface area (Å²) in [5.41, 5.74) is 3.49. The van der Waals surface area contributed by atoms with Crippen LogP contribution in [0.4, 0.5) is 15.8 Å². The molecule has 1 aliphatic heterocycles. The van der Waals surface area contributed by atoms with Crippen LogP contribution in [-0.4, -0.2) is 11.7 Å². The number of nitrogens with zero attached hydrogens (tertiary/aromatic N) is 1. The van der Waals surface area contributed by atoms with Crippen LogP contribution in [0.5, 0.6) is 0 Å². The van der Waals surface area contributed by atoms with Gasteiger partial charge in [-0.2, -0.15) is 0 Å². The van der Waals surface area contributed by atoms with Crippen molar-refractivity contribution >= 4 is 23.1 Å². The van der Waals surface area contributed by atoms with Crippen molar-refractivity contribution in [1.82, 2.24) is 0 Å². The van der Waals surface area contributed by atoms with Gasteiger partial charge in [-0.05, 0) is 41.7 Å². The van der Waals surface area contributed by atoms with Gasteiger partial charge in [-0.3, -0.25) is 14.5 Å². The van der Waals surface area contributed by atoms with Gasteiger partial charge in [0.25, 0.3) is 0 Å². The number of amides is 1. The largest absolute Gasteiger partial charge is 0.357 e. The highest BCUT2D eigenvalue weighted by molar-refractivity contribution is 6.05. The Morgan fingerprint density at radius 3 is 2.46 bits per heavy atom. The molecule has 0 spiro atoms. The number of rotatable bonds is 1. The van der Waals surface area contributed by atoms with Gasteiger partial charge in [0, 0.05) is 24.6 Å². The Morgan fingerprint density at radius 1 is 1.11 bits per heavy atom. The average Bonchev–Trinajstić information content (AvgIpc) is 2.75. The number of carbonyl (C=O) groups is 2. The van der Waals surface area contributed by atoms with Gasteiger partial charge in [0.1, 0.15) is 5.82 Å². The minimum Gasteiger partial charge on any atom is -0.357 e. The molecule has 2 aromatic rings. The molecule has 0 unspecified atom stereocenters. The zero-order valence-corrected chi connectivity index (χ0v) is 16.3. The third-order valence-corrected chi connectivity index (χ3v) is 5.43. The number of allylic oxidation sites excluding steroid dienone is 1. The molecule has 2 aromatic carbocycles. The molecule has 1 N–H and O–H groups in total. The molecule has 5 heteroatoms. The van der Waals surface area contributed by atoms with E-state index in [1.165, 1.54) is 19.1 Å². The summed E-state index contributed by atoms with van der Waals surface area (Å²) >= 11 is 0. The quantitative estimate of drug-likeness (QED) is 0.761. The maximum atomic E-state index is 13.6. The molecule has 144 valence electrons. The van der Waals surface area contributed by atoms with Gasteiger partial charge in [0.05, 0.1) is 17.4 Å². The van der Waals surface area contributed by atoms with E-state index in [-0.39, 0.29) is 22.9 Å². The second kappa shape index (κ2) is 6.59. The third kappa shape index (κ3) is 3.11. The van der Waals surface area contributed by atoms with Crippen LogP contribution in [-0.2, 0) is 9.59 Å². The number of ketones is 1. The van der Waals surface area contributed by atoms with E-state index in [1.807, 2.05) is 24.3 Å². The highest BCUT2D eigenvalue weighted by Crippen LogP contribution is 2.48. The van der Waals surface area contributed by atoms with E-state index < -0.39 is 6.04 Å². The average molecular weight is 378 g/mol. The van der Waals surface area contributed by atoms with Gasteiger partial charge < -0.3 is 5.32 Å². The van der Waals surface area contributed by atoms with Gasteiger partial charge in [0.15, 0.2) is 5.78 Å². The molecule has 2 aliphatic rings. The van der Waals surface area contributed by atoms with Crippen molar-refractivity contribution in [2.75, 3.05) is 10.2 Å². The van der Waals surface area contributed by atoms with Crippen molar-refractivity contribution in [3.8, 4) is 0 Å². The van der Waals surface area contributed by atoms with Gasteiger partial charge in [-0.25, -0.2) is 4.39 Å². The van der Waals surface area contributed by atoms with Gasteiger partial charge in [-0.1, -0.05) is 38.1 Å². The summed E-state index contributed by atoms with van der Waals surface area (Å²) in [6.45, 7) is 5.64. The zero-order chi connectivity index (χ0) is 20.1. The Labute approximate surface area is 164 Å². The lowest BCUT2D eigenvalue weighted by Crippen LogP contribution is -2.38. The summed E-state index contributed by atoms with van der Waals surface area (Å²) in [5, 5.41) is 3.43. The molecule has 28 heavy (non-hydrogen) atoms. The van der Waals surface area contributed by atoms with Crippen LogP contribution in [0.3, 0.4) is 0 Å². The van der Waals surface area contributed by atoms with Crippen LogP contribution in [0.15, 0.2) is 59.8 Å². The number of fused-ring (bicyclic) bond motifs is 1. The lowest BCUT2D eigenvalue weighted by molar-refractivity contribution is -0.118. The summed E-state index contributed by atoms with van der Waals surface area (Å²) < 4.78 is 13.6. The number of Topliss-reactive ketones (excluding diaryl/α,β-unsaturated/α-hetero) is 1. The van der Waals surface area contributed by atoms with Crippen molar-refractivity contribution in [3.63, 3.8) is 0 Å². The molecule has 0 saturated heterocycles. The van der Waals surface area contributed by atoms with Crippen molar-refractivity contribution in [2.45, 2.75) is 39.7 Å². The monoisotopic (exact) mass is 378 g/mol. The van der Waals surface area contributed by atoms with Crippen LogP contribution in [0, 0.1) is 11.2 Å². The Hall–Kier alpha value is -2.95. The van der Waals surface area contributed by atoms with E-state index in [4.69, 9.17) is 0 Å². The van der Waals surface area contributed by atoms with E-state index in [9.17, 15) is 14.0 Å². The fourth-order valence-electron chi connectivity index (χ4n) is 4.30. The molecule has 4 nitrogen and oxygen atoms in total. The molecule has 0 bridgehead atoms. The zero-order valence-electron chi connectivity index (χ0n) is 16.3. The molecule has 4 rings (SSSR count). The summed E-state index contributed by atoms with van der Waals surface area (Å²) in [7, 11) is 0. The van der Waals surface area contributed by atoms with Gasteiger partial charge in [0.2, 0.25) is 5.91 Å². The highest BCUT2D eigenvalue weighted by atomic mass is 19.1. The van der Waals surface area contributed by atoms with Crippen LogP contribution in [0.1, 0.15) is 45.2 Å². The molecular weight excluding hydrogens is 355 g/mol. The van der Waals surface area contributed by atoms with E-state index in [0.29, 0.717) is 24.1 Å². The SMILES string of the molecule is CC(=O)N1c2ccccc2NC2=C(C(=O)CC(C)(C)C2)[C@@H]1c1ccc(F)cc1. The number of hydrogen-bond acceptors (Lipinski definition) is 3. The van der Waals surface area contributed by atoms with Gasteiger partial charge in [-0.15, -0.1) is 0 Å². The summed E-state index contributed by atoms with van der Waals surface area (Å²) in [6.07, 6.45) is 1.11. The standard InChI is InChI=1S/C23H23FN2O2/c1-14(27)26-19-7-5-4-6-17(19)25-18-12-23(2,3)13-20(28)21(18)22(26)15-8-10-16(24)11-9-15/h4-11,22,25H,12-13H2,1-3H3/t22-/m0/s1. The second-order valence-electron chi connectivity index (χ2n) is 8.32. The smallest absolute Gasteiger partial charge is 0.224 e. The fourth-order valence-corrected chi connectivity index (χ4v) is 4.30. The minimum atomic E-state index is -0.590. The Balaban J connectivity index is 2.00. The van der Waals surface area contributed by atoms with E-state index in [1.54, 1.807) is 17.0 Å². The lowest BCUT2D eigenvalue weighted by atomic mass is 9.73. The molecule has 0 radical (unpaired) electrons. The van der Waals surface area contributed by atoms with Crippen molar-refractivity contribution in [1.29, 1.82) is 0 Å². The van der Waals surface area contributed by atoms with E-state index in [0.717, 1.165) is 16.9 Å². The molecule has 1 amide bonds. The second-order valence-corrected chi connectivity index (χ2v) is 8.32. The van der Waals surface area contributed by atoms with Crippen LogP contribution >= 0.6 is 0 Å². The summed E-state index contributed by atoms with van der Waals surface area (Å²) in [6, 6.07) is 13.0. The van der Waals surface area contributed by atoms with E-state index in [2.05, 4.69) is 19.2 Å². The van der Waals surface area contributed by atoms with Crippen molar-refractivity contribution in [3.05, 3.63) is 71.2 Å². The topological polar surface area (TPSA) is 49.4 Å². The molecule has 0 fully saturated rings. The first kappa shape index (κ1) is 18.4. The first-order chi connectivity index (χ1) is 13.3. The Kier molecular flexibility index (Phi) is 4.33. The number of halogens is 1. The predicted molar refractivity (Wildman–Crippen MR) is 107 cm³/mol. The molecule has 1 atom stereocenters. The van der Waals surface area contributed by atoms with Crippen LogP contribution in [0.25, 0.3) is 0 Å². The maximum Gasteiger partial charge on any atom is 0.224 e. The lowest BCUT2D eigenvalue weighted by Gasteiger charge is -2.36. The number of nitrogens with one attached hydrogen (secondary N) is 1. The summed E-state index contributed by atoms with van der Waals surface area (Å²) in [4.78, 5) is 27.7. The Morgan fingerprint density at radius 2 is 1.79 bits per heavy atom. The number of anilines is 2. The minimum absolute atomic E-state index is 0.0205. The van der Waals surface area contributed by atoms with Crippen LogP contribution < -0.4 is 10.2 Å². The predicted octanol–water partition coefficient (Wildman–Crippen LogP) is 4.99. The third-order valence-electron chi connectivity index (χ3n) is 5.43. The van der Waals surface area contributed by atoms with Crippen molar-refractivity contribution < 1.29 is 14.0 Å². The van der Waals surface area contributed by atoms with Crippen molar-refractivity contribution in [2.24, 2.45) is 5.41 Å². The number of hydrogen-bond donors (Lipinski definition) is 1. The first-order valence-electron chi connectivity index (χ1n) is 9.44. The molecule has 1 aliphatic carbocycles. The first-order valence-corrected chi connectivity index (χ1v) is 9.44. The highest BCUT2D eigenvalue weighted by Gasteiger charge is 2.42. The molecule has 0 saturated carbocycles. The number of benzene rings is 2. The molecular formula is C23H23FN2O2. The maximum absolute atomic E-state index is 13.6. The normalized spacial score (nSPS) is 20.8. The fraction of sp³-hybridized carbons (Fsp3) is 0.304. The molecule has 0 aromatic heterocycles. The number of para-hydroxylation sites is 2. The summed E-state index contributed by atoms with van der Waals surface area (Å²) in [5.74, 6) is -0.502. The Bertz CT molecular complexity index is 992. The number of carbonyl (C=O) groups excluding carboxylic acids is 2. The van der Waals surface area contributed by atoms with E-state index >= 15 is 0 Å². The molecule has 1 heterocycles. The van der Waals surface area contributed by atoms with Gasteiger partial charge >= 0.3 is 0 Å². The van der Waals surface area contributed by atoms with Crippen LogP contribution in [0.2, 0.25) is 0 Å².